The highest BCUT2D eigenvalue weighted by Gasteiger charge is 2.08. The maximum Gasteiger partial charge on any atom is 0.220 e. The summed E-state index contributed by atoms with van der Waals surface area (Å²) in [6, 6.07) is 5.79. The van der Waals surface area contributed by atoms with Gasteiger partial charge in [-0.2, -0.15) is 0 Å². The summed E-state index contributed by atoms with van der Waals surface area (Å²) in [5.74, 6) is 0.554. The average Bonchev–Trinajstić information content (AvgIpc) is 2.31. The Balaban J connectivity index is 2.50. The minimum Gasteiger partial charge on any atom is -0.399 e. The van der Waals surface area contributed by atoms with E-state index in [1.54, 1.807) is 0 Å². The molecule has 0 radical (unpaired) electrons. The van der Waals surface area contributed by atoms with E-state index in [4.69, 9.17) is 5.73 Å². The number of nitrogens with one attached hydrogen (secondary N) is 1. The van der Waals surface area contributed by atoms with Crippen molar-refractivity contribution in [2.24, 2.45) is 5.92 Å². The highest BCUT2D eigenvalue weighted by atomic mass is 16.1. The summed E-state index contributed by atoms with van der Waals surface area (Å²) in [7, 11) is 0. The van der Waals surface area contributed by atoms with Crippen LogP contribution in [0.5, 0.6) is 0 Å². The normalized spacial score (nSPS) is 12.2. The van der Waals surface area contributed by atoms with Gasteiger partial charge in [0, 0.05) is 18.7 Å². The van der Waals surface area contributed by atoms with E-state index in [9.17, 15) is 4.79 Å². The minimum atomic E-state index is 0.112. The summed E-state index contributed by atoms with van der Waals surface area (Å²) in [5.41, 5.74) is 8.73. The molecule has 1 amide bonds. The van der Waals surface area contributed by atoms with Gasteiger partial charge in [-0.15, -0.1) is 0 Å². The molecule has 17 heavy (non-hydrogen) atoms. The highest BCUT2D eigenvalue weighted by Crippen LogP contribution is 2.15. The van der Waals surface area contributed by atoms with Gasteiger partial charge in [-0.3, -0.25) is 4.79 Å². The number of benzene rings is 1. The number of carbonyl (C=O) groups is 1. The molecule has 3 N–H and O–H groups in total. The van der Waals surface area contributed by atoms with Crippen molar-refractivity contribution in [3.05, 3.63) is 29.3 Å². The van der Waals surface area contributed by atoms with Gasteiger partial charge in [0.2, 0.25) is 5.91 Å². The molecule has 3 nitrogen and oxygen atoms in total. The van der Waals surface area contributed by atoms with E-state index in [0.717, 1.165) is 23.2 Å². The number of anilines is 1. The van der Waals surface area contributed by atoms with Crippen molar-refractivity contribution >= 4 is 11.6 Å². The first-order valence-corrected chi connectivity index (χ1v) is 6.15. The number of amides is 1. The Morgan fingerprint density at radius 3 is 2.82 bits per heavy atom. The van der Waals surface area contributed by atoms with E-state index in [1.165, 1.54) is 0 Å². The fourth-order valence-corrected chi connectivity index (χ4v) is 1.62. The second-order valence-corrected chi connectivity index (χ2v) is 4.63. The molecule has 0 aromatic heterocycles. The monoisotopic (exact) mass is 234 g/mol. The second kappa shape index (κ2) is 6.28. The molecule has 0 fully saturated rings. The van der Waals surface area contributed by atoms with Crippen LogP contribution >= 0.6 is 0 Å². The van der Waals surface area contributed by atoms with Crippen molar-refractivity contribution in [3.8, 4) is 0 Å². The van der Waals surface area contributed by atoms with Crippen LogP contribution in [0, 0.1) is 12.8 Å². The van der Waals surface area contributed by atoms with E-state index in [1.807, 2.05) is 25.1 Å². The van der Waals surface area contributed by atoms with Crippen LogP contribution in [0.3, 0.4) is 0 Å². The third kappa shape index (κ3) is 4.10. The molecule has 0 aliphatic carbocycles. The number of rotatable bonds is 5. The van der Waals surface area contributed by atoms with Gasteiger partial charge < -0.3 is 11.1 Å². The Morgan fingerprint density at radius 2 is 2.18 bits per heavy atom. The predicted octanol–water partition coefficient (Wildman–Crippen LogP) is 2.63. The number of nitrogen functional groups attached to an aromatic ring is 1. The van der Waals surface area contributed by atoms with Crippen molar-refractivity contribution in [3.63, 3.8) is 0 Å². The maximum absolute atomic E-state index is 11.6. The van der Waals surface area contributed by atoms with Crippen LogP contribution < -0.4 is 11.1 Å². The van der Waals surface area contributed by atoms with Crippen LogP contribution in [-0.4, -0.2) is 5.91 Å². The molecule has 0 aliphatic rings. The molecule has 94 valence electrons. The summed E-state index contributed by atoms with van der Waals surface area (Å²) in [5, 5.41) is 2.94. The fourth-order valence-electron chi connectivity index (χ4n) is 1.62. The van der Waals surface area contributed by atoms with Crippen LogP contribution in [-0.2, 0) is 11.3 Å². The number of hydrogen-bond acceptors (Lipinski definition) is 2. The maximum atomic E-state index is 11.6. The largest absolute Gasteiger partial charge is 0.399 e. The van der Waals surface area contributed by atoms with Crippen LogP contribution in [0.2, 0.25) is 0 Å². The molecule has 1 rings (SSSR count). The van der Waals surface area contributed by atoms with E-state index < -0.39 is 0 Å². The van der Waals surface area contributed by atoms with Gasteiger partial charge >= 0.3 is 0 Å². The first-order chi connectivity index (χ1) is 8.04. The fraction of sp³-hybridized carbons (Fsp3) is 0.500. The molecule has 0 bridgehead atoms. The van der Waals surface area contributed by atoms with Gasteiger partial charge in [0.05, 0.1) is 0 Å². The Hall–Kier alpha value is -1.51. The zero-order valence-corrected chi connectivity index (χ0v) is 10.9. The number of nitrogens with two attached hydrogens (primary N) is 1. The lowest BCUT2D eigenvalue weighted by atomic mass is 10.0. The van der Waals surface area contributed by atoms with Crippen molar-refractivity contribution in [1.29, 1.82) is 0 Å². The van der Waals surface area contributed by atoms with E-state index in [0.29, 0.717) is 18.9 Å². The van der Waals surface area contributed by atoms with Crippen LogP contribution in [0.25, 0.3) is 0 Å². The molecule has 0 spiro atoms. The van der Waals surface area contributed by atoms with Crippen molar-refractivity contribution in [2.45, 2.75) is 40.2 Å². The molecule has 0 heterocycles. The van der Waals surface area contributed by atoms with Gasteiger partial charge in [0.1, 0.15) is 0 Å². The molecule has 3 heteroatoms. The Kier molecular flexibility index (Phi) is 5.01. The van der Waals surface area contributed by atoms with Gasteiger partial charge in [0.25, 0.3) is 0 Å². The lowest BCUT2D eigenvalue weighted by Gasteiger charge is -2.11. The molecule has 0 saturated heterocycles. The first kappa shape index (κ1) is 13.6. The summed E-state index contributed by atoms with van der Waals surface area (Å²) in [6.45, 7) is 6.73. The topological polar surface area (TPSA) is 55.1 Å². The zero-order valence-electron chi connectivity index (χ0n) is 10.9. The Morgan fingerprint density at radius 1 is 1.47 bits per heavy atom. The molecule has 0 aliphatic heterocycles. The molecule has 0 saturated carbocycles. The quantitative estimate of drug-likeness (QED) is 0.769. The summed E-state index contributed by atoms with van der Waals surface area (Å²) >= 11 is 0. The summed E-state index contributed by atoms with van der Waals surface area (Å²) in [6.07, 6.45) is 1.63. The second-order valence-electron chi connectivity index (χ2n) is 4.63. The van der Waals surface area contributed by atoms with E-state index in [2.05, 4.69) is 19.2 Å². The van der Waals surface area contributed by atoms with Crippen LogP contribution in [0.1, 0.15) is 37.8 Å². The van der Waals surface area contributed by atoms with Gasteiger partial charge in [-0.05, 0) is 30.0 Å². The lowest BCUT2D eigenvalue weighted by Crippen LogP contribution is -2.24. The average molecular weight is 234 g/mol. The van der Waals surface area contributed by atoms with Gasteiger partial charge in [0.15, 0.2) is 0 Å². The molecule has 1 aromatic rings. The van der Waals surface area contributed by atoms with E-state index >= 15 is 0 Å². The Labute approximate surface area is 103 Å². The molecular weight excluding hydrogens is 212 g/mol. The van der Waals surface area contributed by atoms with Crippen molar-refractivity contribution < 1.29 is 4.79 Å². The minimum absolute atomic E-state index is 0.112. The highest BCUT2D eigenvalue weighted by molar-refractivity contribution is 5.76. The van der Waals surface area contributed by atoms with Crippen LogP contribution in [0.4, 0.5) is 5.69 Å². The van der Waals surface area contributed by atoms with Gasteiger partial charge in [-0.25, -0.2) is 0 Å². The molecule has 1 aromatic carbocycles. The predicted molar refractivity (Wildman–Crippen MR) is 71.5 cm³/mol. The van der Waals surface area contributed by atoms with Gasteiger partial charge in [-0.1, -0.05) is 32.4 Å². The molecular formula is C14H22N2O. The van der Waals surface area contributed by atoms with Crippen molar-refractivity contribution in [2.75, 3.05) is 5.73 Å². The molecule has 1 unspecified atom stereocenters. The smallest absolute Gasteiger partial charge is 0.220 e. The zero-order chi connectivity index (χ0) is 12.8. The van der Waals surface area contributed by atoms with Crippen LogP contribution in [0.15, 0.2) is 18.2 Å². The molecule has 1 atom stereocenters. The third-order valence-electron chi connectivity index (χ3n) is 3.19. The summed E-state index contributed by atoms with van der Waals surface area (Å²) in [4.78, 5) is 11.6. The number of hydrogen-bond donors (Lipinski definition) is 2. The SMILES string of the molecule is CCC(C)CC(=O)NCc1cccc(N)c1C. The van der Waals surface area contributed by atoms with Crippen molar-refractivity contribution in [1.82, 2.24) is 5.32 Å². The summed E-state index contributed by atoms with van der Waals surface area (Å²) < 4.78 is 0. The lowest BCUT2D eigenvalue weighted by molar-refractivity contribution is -0.122. The standard InChI is InChI=1S/C14H22N2O/c1-4-10(2)8-14(17)16-9-12-6-5-7-13(15)11(12)3/h5-7,10H,4,8-9,15H2,1-3H3,(H,16,17). The first-order valence-electron chi connectivity index (χ1n) is 6.15. The third-order valence-corrected chi connectivity index (χ3v) is 3.19. The van der Waals surface area contributed by atoms with E-state index in [-0.39, 0.29) is 5.91 Å². The number of carbonyl (C=O) groups excluding carboxylic acids is 1. The Bertz CT molecular complexity index is 388.